The molecule has 0 saturated carbocycles. The molecule has 4 rings (SSSR count). The number of benzene rings is 1. The van der Waals surface area contributed by atoms with Gasteiger partial charge in [-0.2, -0.15) is 5.26 Å². The minimum absolute atomic E-state index is 0.0835. The molecule has 0 unspecified atom stereocenters. The molecule has 2 heterocycles. The van der Waals surface area contributed by atoms with E-state index >= 15 is 0 Å². The number of aromatic nitrogens is 1. The molecule has 0 fully saturated rings. The Balaban J connectivity index is 1.44. The molecule has 4 nitrogen and oxygen atoms in total. The van der Waals surface area contributed by atoms with E-state index in [1.165, 1.54) is 16.6 Å². The summed E-state index contributed by atoms with van der Waals surface area (Å²) in [7, 11) is 0. The van der Waals surface area contributed by atoms with Crippen molar-refractivity contribution in [3.8, 4) is 6.07 Å². The second-order valence-electron chi connectivity index (χ2n) is 8.39. The van der Waals surface area contributed by atoms with E-state index in [9.17, 15) is 10.1 Å². The van der Waals surface area contributed by atoms with Gasteiger partial charge in [0.1, 0.15) is 11.1 Å². The zero-order valence-electron chi connectivity index (χ0n) is 17.4. The number of nitrogens with zero attached hydrogens (tertiary/aromatic N) is 2. The number of carbonyl (C=O) groups excluding carboxylic acids is 1. The summed E-state index contributed by atoms with van der Waals surface area (Å²) < 4.78 is 2.02. The lowest BCUT2D eigenvalue weighted by molar-refractivity contribution is -0.113. The number of nitrogens with one attached hydrogen (secondary N) is 1. The van der Waals surface area contributed by atoms with E-state index < -0.39 is 0 Å². The Morgan fingerprint density at radius 2 is 2.17 bits per heavy atom. The van der Waals surface area contributed by atoms with Gasteiger partial charge in [-0.3, -0.25) is 4.79 Å². The Morgan fingerprint density at radius 3 is 2.90 bits per heavy atom. The average molecular weight is 456 g/mol. The summed E-state index contributed by atoms with van der Waals surface area (Å²) in [5, 5.41) is 13.4. The highest BCUT2D eigenvalue weighted by Crippen LogP contribution is 2.45. The van der Waals surface area contributed by atoms with Crippen molar-refractivity contribution in [1.82, 2.24) is 4.98 Å². The molecule has 1 aliphatic carbocycles. The molecular weight excluding hydrogens is 430 g/mol. The highest BCUT2D eigenvalue weighted by Gasteiger charge is 2.34. The molecule has 3 aromatic rings. The molecule has 1 amide bonds. The van der Waals surface area contributed by atoms with Gasteiger partial charge in [0.2, 0.25) is 5.91 Å². The molecule has 1 atom stereocenters. The average Bonchev–Trinajstić information content (AvgIpc) is 3.31. The van der Waals surface area contributed by atoms with E-state index in [2.05, 4.69) is 37.1 Å². The number of anilines is 1. The maximum Gasteiger partial charge on any atom is 0.235 e. The lowest BCUT2D eigenvalue weighted by Gasteiger charge is -2.36. The third-order valence-electron chi connectivity index (χ3n) is 6.25. The lowest BCUT2D eigenvalue weighted by Crippen LogP contribution is -2.28. The number of hydrogen-bond donors (Lipinski definition) is 1. The van der Waals surface area contributed by atoms with E-state index in [1.807, 2.05) is 24.3 Å². The Morgan fingerprint density at radius 1 is 1.37 bits per heavy atom. The van der Waals surface area contributed by atoms with Crippen molar-refractivity contribution >= 4 is 55.6 Å². The first-order chi connectivity index (χ1) is 14.4. The first kappa shape index (κ1) is 21.4. The summed E-state index contributed by atoms with van der Waals surface area (Å²) in [5.74, 6) is 0.830. The Hall–Kier alpha value is -1.88. The Bertz CT molecular complexity index is 1090. The highest BCUT2D eigenvalue weighted by molar-refractivity contribution is 8.01. The molecule has 0 spiro atoms. The molecule has 1 aromatic carbocycles. The second kappa shape index (κ2) is 8.70. The number of carbonyl (C=O) groups is 1. The van der Waals surface area contributed by atoms with Gasteiger partial charge in [-0.25, -0.2) is 4.98 Å². The zero-order valence-corrected chi connectivity index (χ0v) is 19.9. The van der Waals surface area contributed by atoms with Crippen LogP contribution in [0.3, 0.4) is 0 Å². The lowest BCUT2D eigenvalue weighted by atomic mass is 9.69. The van der Waals surface area contributed by atoms with E-state index in [-0.39, 0.29) is 5.91 Å². The number of hydrogen-bond acceptors (Lipinski definition) is 6. The van der Waals surface area contributed by atoms with Crippen molar-refractivity contribution in [3.63, 3.8) is 0 Å². The van der Waals surface area contributed by atoms with Gasteiger partial charge in [-0.1, -0.05) is 51.1 Å². The fourth-order valence-corrected chi connectivity index (χ4v) is 7.11. The van der Waals surface area contributed by atoms with Crippen LogP contribution in [-0.2, 0) is 17.6 Å². The fraction of sp³-hybridized carbons (Fsp3) is 0.435. The predicted molar refractivity (Wildman–Crippen MR) is 128 cm³/mol. The monoisotopic (exact) mass is 455 g/mol. The minimum atomic E-state index is -0.0835. The van der Waals surface area contributed by atoms with Crippen LogP contribution in [0.5, 0.6) is 0 Å². The topological polar surface area (TPSA) is 65.8 Å². The minimum Gasteiger partial charge on any atom is -0.316 e. The smallest absolute Gasteiger partial charge is 0.235 e. The standard InChI is InChI=1S/C23H25N3OS3/c1-4-23(2,3)14-9-10-15-16(12-24)21(29-19(15)11-14)26-20(27)13-28-22-25-17-7-5-6-8-18(17)30-22/h5-8,14H,4,9-11,13H2,1-3H3,(H,26,27)/t14-/m1/s1. The van der Waals surface area contributed by atoms with Crippen molar-refractivity contribution in [2.45, 2.75) is 50.8 Å². The van der Waals surface area contributed by atoms with Gasteiger partial charge in [0.05, 0.1) is 21.5 Å². The number of para-hydroxylation sites is 1. The van der Waals surface area contributed by atoms with Crippen LogP contribution in [0.4, 0.5) is 5.00 Å². The van der Waals surface area contributed by atoms with Gasteiger partial charge in [0, 0.05) is 4.88 Å². The summed E-state index contributed by atoms with van der Waals surface area (Å²) in [5.41, 5.74) is 3.08. The van der Waals surface area contributed by atoms with Crippen molar-refractivity contribution in [3.05, 3.63) is 40.3 Å². The van der Waals surface area contributed by atoms with E-state index in [0.717, 1.165) is 45.8 Å². The van der Waals surface area contributed by atoms with Gasteiger partial charge in [0.25, 0.3) is 0 Å². The number of thiazole rings is 1. The summed E-state index contributed by atoms with van der Waals surface area (Å²) >= 11 is 4.64. The van der Waals surface area contributed by atoms with Crippen LogP contribution in [0.15, 0.2) is 28.6 Å². The first-order valence-corrected chi connectivity index (χ1v) is 12.9. The Kier molecular flexibility index (Phi) is 6.19. The van der Waals surface area contributed by atoms with Crippen LogP contribution in [0.1, 0.15) is 49.6 Å². The number of thioether (sulfide) groups is 1. The molecule has 0 saturated heterocycles. The Labute approximate surface area is 189 Å². The molecule has 0 bridgehead atoms. The normalized spacial score (nSPS) is 16.3. The van der Waals surface area contributed by atoms with Gasteiger partial charge in [-0.15, -0.1) is 22.7 Å². The van der Waals surface area contributed by atoms with Crippen molar-refractivity contribution in [2.75, 3.05) is 11.1 Å². The third-order valence-corrected chi connectivity index (χ3v) is 9.60. The number of fused-ring (bicyclic) bond motifs is 2. The van der Waals surface area contributed by atoms with Crippen LogP contribution in [0.25, 0.3) is 10.2 Å². The summed E-state index contributed by atoms with van der Waals surface area (Å²) in [6.45, 7) is 6.92. The second-order valence-corrected chi connectivity index (χ2v) is 11.7. The van der Waals surface area contributed by atoms with Crippen molar-refractivity contribution < 1.29 is 4.79 Å². The number of amides is 1. The maximum absolute atomic E-state index is 12.6. The number of nitriles is 1. The number of thiophene rings is 1. The zero-order chi connectivity index (χ0) is 21.3. The van der Waals surface area contributed by atoms with Crippen LogP contribution in [0.2, 0.25) is 0 Å². The molecule has 1 N–H and O–H groups in total. The van der Waals surface area contributed by atoms with Crippen LogP contribution in [0, 0.1) is 22.7 Å². The van der Waals surface area contributed by atoms with Gasteiger partial charge < -0.3 is 5.32 Å². The SMILES string of the molecule is CCC(C)(C)[C@@H]1CCc2c(sc(NC(=O)CSc3nc4ccccc4s3)c2C#N)C1. The van der Waals surface area contributed by atoms with Crippen LogP contribution < -0.4 is 5.32 Å². The van der Waals surface area contributed by atoms with Gasteiger partial charge in [0.15, 0.2) is 4.34 Å². The summed E-state index contributed by atoms with van der Waals surface area (Å²) in [6, 6.07) is 10.3. The van der Waals surface area contributed by atoms with Crippen LogP contribution >= 0.6 is 34.4 Å². The van der Waals surface area contributed by atoms with Gasteiger partial charge >= 0.3 is 0 Å². The molecule has 1 aliphatic rings. The molecule has 30 heavy (non-hydrogen) atoms. The summed E-state index contributed by atoms with van der Waals surface area (Å²) in [6.07, 6.45) is 4.20. The molecule has 0 aliphatic heterocycles. The predicted octanol–water partition coefficient (Wildman–Crippen LogP) is 6.50. The third kappa shape index (κ3) is 4.27. The summed E-state index contributed by atoms with van der Waals surface area (Å²) in [4.78, 5) is 18.4. The molecule has 156 valence electrons. The van der Waals surface area contributed by atoms with Crippen molar-refractivity contribution in [1.29, 1.82) is 5.26 Å². The first-order valence-electron chi connectivity index (χ1n) is 10.2. The molecule has 2 aromatic heterocycles. The van der Waals surface area contributed by atoms with E-state index in [4.69, 9.17) is 0 Å². The largest absolute Gasteiger partial charge is 0.316 e. The maximum atomic E-state index is 12.6. The molecular formula is C23H25N3OS3. The number of rotatable bonds is 6. The van der Waals surface area contributed by atoms with E-state index in [0.29, 0.717) is 27.7 Å². The van der Waals surface area contributed by atoms with E-state index in [1.54, 1.807) is 22.7 Å². The molecule has 7 heteroatoms. The quantitative estimate of drug-likeness (QED) is 0.431. The van der Waals surface area contributed by atoms with Crippen molar-refractivity contribution in [2.24, 2.45) is 11.3 Å². The van der Waals surface area contributed by atoms with Crippen LogP contribution in [-0.4, -0.2) is 16.6 Å². The highest BCUT2D eigenvalue weighted by atomic mass is 32.2. The fourth-order valence-electron chi connectivity index (χ4n) is 3.95. The molecule has 0 radical (unpaired) electrons. The van der Waals surface area contributed by atoms with Gasteiger partial charge in [-0.05, 0) is 48.3 Å².